The molecule has 3 amide bonds. The summed E-state index contributed by atoms with van der Waals surface area (Å²) in [4.78, 5) is 46.2. The van der Waals surface area contributed by atoms with E-state index in [1.807, 2.05) is 36.4 Å². The summed E-state index contributed by atoms with van der Waals surface area (Å²) in [7, 11) is 0. The average molecular weight is 656 g/mol. The minimum atomic E-state index is -1.99. The lowest BCUT2D eigenvalue weighted by molar-refractivity contribution is -0.139. The van der Waals surface area contributed by atoms with Crippen molar-refractivity contribution in [2.75, 3.05) is 23.0 Å². The zero-order valence-corrected chi connectivity index (χ0v) is 27.2. The van der Waals surface area contributed by atoms with Gasteiger partial charge in [-0.05, 0) is 60.0 Å². The van der Waals surface area contributed by atoms with Gasteiger partial charge in [0, 0.05) is 36.7 Å². The van der Waals surface area contributed by atoms with E-state index in [1.165, 1.54) is 9.80 Å². The zero-order chi connectivity index (χ0) is 34.3. The number of benzene rings is 4. The smallest absolute Gasteiger partial charge is 0.266 e. The molecular weight excluding hydrogens is 618 g/mol. The summed E-state index contributed by atoms with van der Waals surface area (Å²) < 4.78 is 6.16. The SMILES string of the molecule is C=CCN1C(=O)[C@](O)([C@H](C)/C=C/CC(=O)N2Cc3ccccc3C[C@H]2CO)c2cc(N3C(=O)c4ccccc4Oc4ccccc43)ccc21. The van der Waals surface area contributed by atoms with Gasteiger partial charge in [-0.25, -0.2) is 0 Å². The maximum Gasteiger partial charge on any atom is 0.266 e. The highest BCUT2D eigenvalue weighted by Crippen LogP contribution is 2.49. The fourth-order valence-electron chi connectivity index (χ4n) is 7.12. The van der Waals surface area contributed by atoms with E-state index >= 15 is 0 Å². The summed E-state index contributed by atoms with van der Waals surface area (Å²) in [6.07, 6.45) is 5.57. The monoisotopic (exact) mass is 655 g/mol. The van der Waals surface area contributed by atoms with Gasteiger partial charge < -0.3 is 24.7 Å². The molecule has 49 heavy (non-hydrogen) atoms. The third-order valence-electron chi connectivity index (χ3n) is 9.73. The van der Waals surface area contributed by atoms with Crippen molar-refractivity contribution >= 4 is 34.8 Å². The van der Waals surface area contributed by atoms with E-state index in [0.717, 1.165) is 11.1 Å². The van der Waals surface area contributed by atoms with Crippen molar-refractivity contribution < 1.29 is 29.3 Å². The first-order chi connectivity index (χ1) is 23.8. The topological polar surface area (TPSA) is 111 Å². The summed E-state index contributed by atoms with van der Waals surface area (Å²) in [6.45, 7) is 5.98. The van der Waals surface area contributed by atoms with Crippen LogP contribution >= 0.6 is 0 Å². The lowest BCUT2D eigenvalue weighted by atomic mass is 9.82. The predicted octanol–water partition coefficient (Wildman–Crippen LogP) is 6.02. The van der Waals surface area contributed by atoms with Gasteiger partial charge in [0.05, 0.1) is 29.6 Å². The molecule has 3 heterocycles. The molecule has 4 aromatic carbocycles. The van der Waals surface area contributed by atoms with Gasteiger partial charge in [0.15, 0.2) is 11.4 Å². The molecule has 7 rings (SSSR count). The van der Waals surface area contributed by atoms with Crippen LogP contribution in [0.25, 0.3) is 0 Å². The largest absolute Gasteiger partial charge is 0.454 e. The molecule has 3 atom stereocenters. The van der Waals surface area contributed by atoms with Crippen LogP contribution in [0.1, 0.15) is 40.4 Å². The van der Waals surface area contributed by atoms with Crippen molar-refractivity contribution in [2.45, 2.75) is 38.0 Å². The number of amides is 3. The van der Waals surface area contributed by atoms with Crippen molar-refractivity contribution in [3.63, 3.8) is 0 Å². The minimum Gasteiger partial charge on any atom is -0.454 e. The molecule has 248 valence electrons. The number of ether oxygens (including phenoxy) is 1. The van der Waals surface area contributed by atoms with Crippen molar-refractivity contribution in [2.24, 2.45) is 5.92 Å². The number of carbonyl (C=O) groups excluding carboxylic acids is 3. The molecule has 0 radical (unpaired) electrons. The second-order valence-corrected chi connectivity index (χ2v) is 12.6. The zero-order valence-electron chi connectivity index (χ0n) is 27.2. The molecule has 0 spiro atoms. The normalized spacial score (nSPS) is 20.2. The van der Waals surface area contributed by atoms with Crippen LogP contribution < -0.4 is 14.5 Å². The maximum atomic E-state index is 14.1. The maximum absolute atomic E-state index is 14.1. The first-order valence-electron chi connectivity index (χ1n) is 16.4. The quantitative estimate of drug-likeness (QED) is 0.225. The molecule has 0 bridgehead atoms. The summed E-state index contributed by atoms with van der Waals surface area (Å²) in [5, 5.41) is 22.4. The number of aliphatic hydroxyl groups excluding tert-OH is 1. The number of nitrogens with zero attached hydrogens (tertiary/aromatic N) is 3. The summed E-state index contributed by atoms with van der Waals surface area (Å²) in [5.74, 6) is -0.819. The van der Waals surface area contributed by atoms with Crippen LogP contribution in [-0.4, -0.2) is 52.0 Å². The summed E-state index contributed by atoms with van der Waals surface area (Å²) in [5.41, 5.74) is 2.39. The van der Waals surface area contributed by atoms with Gasteiger partial charge in [0.2, 0.25) is 5.91 Å². The van der Waals surface area contributed by atoms with E-state index in [4.69, 9.17) is 4.74 Å². The van der Waals surface area contributed by atoms with E-state index in [1.54, 1.807) is 84.6 Å². The highest BCUT2D eigenvalue weighted by atomic mass is 16.5. The Kier molecular flexibility index (Phi) is 8.40. The number of rotatable bonds is 8. The standard InChI is InChI=1S/C40H37N3O6/c1-3-21-41-33-20-19-29(43-34-15-7-9-17-36(34)49-35-16-8-6-14-31(35)38(43)46)23-32(33)40(48,39(41)47)26(2)11-10-18-37(45)42-24-28-13-5-4-12-27(28)22-30(42)25-44/h3-17,19-20,23,26,30,44,48H,1,18,21-22,24-25H2,2H3/b11-10+/t26-,30+,40+/m1/s1. The number of hydrogen-bond donors (Lipinski definition) is 2. The Labute approximate surface area is 285 Å². The highest BCUT2D eigenvalue weighted by Gasteiger charge is 2.52. The van der Waals surface area contributed by atoms with Gasteiger partial charge in [0.1, 0.15) is 5.75 Å². The first kappa shape index (κ1) is 32.1. The number of aliphatic hydroxyl groups is 2. The van der Waals surface area contributed by atoms with Crippen LogP contribution in [-0.2, 0) is 28.2 Å². The Bertz CT molecular complexity index is 2010. The summed E-state index contributed by atoms with van der Waals surface area (Å²) in [6, 6.07) is 27.0. The molecule has 0 saturated heterocycles. The molecule has 0 fully saturated rings. The molecule has 4 aromatic rings. The van der Waals surface area contributed by atoms with Crippen LogP contribution in [0.4, 0.5) is 17.1 Å². The number of para-hydroxylation sites is 3. The average Bonchev–Trinajstić information content (AvgIpc) is 3.25. The van der Waals surface area contributed by atoms with Crippen molar-refractivity contribution in [1.82, 2.24) is 4.90 Å². The molecule has 0 unspecified atom stereocenters. The lowest BCUT2D eigenvalue weighted by Gasteiger charge is -2.36. The molecule has 9 nitrogen and oxygen atoms in total. The van der Waals surface area contributed by atoms with E-state index in [9.17, 15) is 24.6 Å². The van der Waals surface area contributed by atoms with Crippen LogP contribution in [0, 0.1) is 5.92 Å². The van der Waals surface area contributed by atoms with Crippen molar-refractivity contribution in [3.8, 4) is 11.5 Å². The van der Waals surface area contributed by atoms with E-state index < -0.39 is 17.4 Å². The van der Waals surface area contributed by atoms with E-state index in [2.05, 4.69) is 6.58 Å². The van der Waals surface area contributed by atoms with Crippen LogP contribution in [0.3, 0.4) is 0 Å². The second-order valence-electron chi connectivity index (χ2n) is 12.6. The third-order valence-corrected chi connectivity index (χ3v) is 9.73. The van der Waals surface area contributed by atoms with Gasteiger partial charge in [0.25, 0.3) is 11.8 Å². The molecule has 9 heteroatoms. The van der Waals surface area contributed by atoms with E-state index in [0.29, 0.717) is 52.7 Å². The molecule has 3 aliphatic rings. The van der Waals surface area contributed by atoms with Crippen LogP contribution in [0.2, 0.25) is 0 Å². The second kappa shape index (κ2) is 12.8. The van der Waals surface area contributed by atoms with Gasteiger partial charge >= 0.3 is 0 Å². The predicted molar refractivity (Wildman–Crippen MR) is 187 cm³/mol. The summed E-state index contributed by atoms with van der Waals surface area (Å²) >= 11 is 0. The lowest BCUT2D eigenvalue weighted by Crippen LogP contribution is -2.46. The number of anilines is 3. The van der Waals surface area contributed by atoms with Gasteiger partial charge in [-0.15, -0.1) is 6.58 Å². The number of fused-ring (bicyclic) bond motifs is 4. The molecule has 0 aliphatic carbocycles. The first-order valence-corrected chi connectivity index (χ1v) is 16.4. The Morgan fingerprint density at radius 2 is 1.69 bits per heavy atom. The van der Waals surface area contributed by atoms with Crippen LogP contribution in [0.5, 0.6) is 11.5 Å². The molecule has 3 aliphatic heterocycles. The van der Waals surface area contributed by atoms with E-state index in [-0.39, 0.29) is 37.4 Å². The van der Waals surface area contributed by atoms with Gasteiger partial charge in [-0.1, -0.05) is 73.7 Å². The fraction of sp³-hybridized carbons (Fsp3) is 0.225. The van der Waals surface area contributed by atoms with Gasteiger partial charge in [-0.2, -0.15) is 0 Å². The minimum absolute atomic E-state index is 0.0367. The van der Waals surface area contributed by atoms with Crippen molar-refractivity contribution in [1.29, 1.82) is 0 Å². The molecule has 0 aromatic heterocycles. The molecule has 0 saturated carbocycles. The van der Waals surface area contributed by atoms with Gasteiger partial charge in [-0.3, -0.25) is 19.3 Å². The highest BCUT2D eigenvalue weighted by molar-refractivity contribution is 6.15. The number of hydrogen-bond acceptors (Lipinski definition) is 6. The number of carbonyl (C=O) groups is 3. The third kappa shape index (κ3) is 5.41. The molecule has 2 N–H and O–H groups in total. The Morgan fingerprint density at radius 1 is 0.980 bits per heavy atom. The van der Waals surface area contributed by atoms with Crippen LogP contribution in [0.15, 0.2) is 116 Å². The van der Waals surface area contributed by atoms with Crippen molar-refractivity contribution in [3.05, 3.63) is 138 Å². The Balaban J connectivity index is 1.21. The Morgan fingerprint density at radius 3 is 2.47 bits per heavy atom. The Hall–Kier alpha value is -5.51. The molecular formula is C40H37N3O6. The fourth-order valence-corrected chi connectivity index (χ4v) is 7.12.